The fraction of sp³-hybridized carbons (Fsp3) is 0.412. The van der Waals surface area contributed by atoms with Crippen molar-refractivity contribution in [2.75, 3.05) is 31.3 Å². The Morgan fingerprint density at radius 1 is 0.909 bits per heavy atom. The van der Waals surface area contributed by atoms with Gasteiger partial charge in [-0.2, -0.15) is 0 Å². The van der Waals surface area contributed by atoms with Gasteiger partial charge >= 0.3 is 0 Å². The average Bonchev–Trinajstić information content (AvgIpc) is 3.02. The molecular formula is C34H43N3O6S. The number of aryl methyl sites for hydroxylation is 1. The number of sulfonamides is 1. The molecule has 10 heteroatoms. The van der Waals surface area contributed by atoms with Crippen molar-refractivity contribution in [3.63, 3.8) is 0 Å². The quantitative estimate of drug-likeness (QED) is 0.292. The van der Waals surface area contributed by atoms with Crippen LogP contribution < -0.4 is 19.1 Å². The number of methoxy groups -OCH3 is 2. The normalized spacial score (nSPS) is 14.4. The van der Waals surface area contributed by atoms with Crippen molar-refractivity contribution in [1.82, 2.24) is 10.2 Å². The van der Waals surface area contributed by atoms with E-state index in [2.05, 4.69) is 5.32 Å². The number of carbonyl (C=O) groups excluding carboxylic acids is 2. The zero-order valence-corrected chi connectivity index (χ0v) is 26.8. The Hall–Kier alpha value is -4.05. The number of nitrogens with one attached hydrogen (secondary N) is 1. The first-order chi connectivity index (χ1) is 21.1. The van der Waals surface area contributed by atoms with Crippen molar-refractivity contribution < 1.29 is 27.5 Å². The Morgan fingerprint density at radius 2 is 1.61 bits per heavy atom. The smallest absolute Gasteiger partial charge is 0.244 e. The fourth-order valence-corrected chi connectivity index (χ4v) is 6.50. The lowest BCUT2D eigenvalue weighted by atomic mass is 9.94. The van der Waals surface area contributed by atoms with Crippen LogP contribution in [-0.2, 0) is 32.6 Å². The van der Waals surface area contributed by atoms with E-state index in [1.807, 2.05) is 67.6 Å². The van der Waals surface area contributed by atoms with Crippen molar-refractivity contribution in [3.8, 4) is 11.5 Å². The molecule has 0 heterocycles. The van der Waals surface area contributed by atoms with Crippen LogP contribution in [0.25, 0.3) is 0 Å². The molecule has 0 aliphatic heterocycles. The van der Waals surface area contributed by atoms with Gasteiger partial charge in [-0.25, -0.2) is 8.42 Å². The molecule has 1 atom stereocenters. The molecule has 3 aromatic rings. The molecule has 2 amide bonds. The molecule has 1 aliphatic carbocycles. The second-order valence-electron chi connectivity index (χ2n) is 11.4. The maximum atomic E-state index is 14.4. The second kappa shape index (κ2) is 15.1. The SMILES string of the molecule is COc1cccc(CN(C(=O)CN(c2cc(C)ccc2OC)S(C)(=O)=O)[C@H](Cc2ccccc2)C(=O)NC2CCCCC2)c1. The van der Waals surface area contributed by atoms with Gasteiger partial charge in [0.1, 0.15) is 24.1 Å². The minimum atomic E-state index is -3.92. The lowest BCUT2D eigenvalue weighted by Gasteiger charge is -2.35. The summed E-state index contributed by atoms with van der Waals surface area (Å²) >= 11 is 0. The van der Waals surface area contributed by atoms with E-state index in [0.29, 0.717) is 11.5 Å². The van der Waals surface area contributed by atoms with Crippen molar-refractivity contribution in [2.45, 2.75) is 64.1 Å². The van der Waals surface area contributed by atoms with E-state index >= 15 is 0 Å². The van der Waals surface area contributed by atoms with Gasteiger partial charge in [0.05, 0.1) is 26.2 Å². The molecule has 1 N–H and O–H groups in total. The predicted molar refractivity (Wildman–Crippen MR) is 172 cm³/mol. The van der Waals surface area contributed by atoms with E-state index in [4.69, 9.17) is 9.47 Å². The molecule has 44 heavy (non-hydrogen) atoms. The van der Waals surface area contributed by atoms with Gasteiger partial charge < -0.3 is 19.7 Å². The Bertz CT molecular complexity index is 1520. The number of benzene rings is 3. The summed E-state index contributed by atoms with van der Waals surface area (Å²) in [6.07, 6.45) is 6.34. The standard InChI is InChI=1S/C34H43N3O6S/c1-25-18-19-32(43-3)30(20-25)37(44(4,40)41)24-33(38)36(23-27-14-11-17-29(21-27)42-2)31(22-26-12-7-5-8-13-26)34(39)35-28-15-9-6-10-16-28/h5,7-8,11-14,17-21,28,31H,6,9-10,15-16,22-24H2,1-4H3,(H,35,39)/t31-/m1/s1. The van der Waals surface area contributed by atoms with Gasteiger partial charge in [0.2, 0.25) is 21.8 Å². The average molecular weight is 622 g/mol. The molecule has 1 aliphatic rings. The van der Waals surface area contributed by atoms with Crippen molar-refractivity contribution in [2.24, 2.45) is 0 Å². The molecular weight excluding hydrogens is 578 g/mol. The lowest BCUT2D eigenvalue weighted by molar-refractivity contribution is -0.140. The monoisotopic (exact) mass is 621 g/mol. The predicted octanol–water partition coefficient (Wildman–Crippen LogP) is 4.87. The number of amides is 2. The minimum absolute atomic E-state index is 0.0346. The van der Waals surface area contributed by atoms with Gasteiger partial charge in [0.25, 0.3) is 0 Å². The molecule has 0 saturated heterocycles. The first-order valence-electron chi connectivity index (χ1n) is 15.0. The molecule has 3 aromatic carbocycles. The summed E-state index contributed by atoms with van der Waals surface area (Å²) in [6, 6.07) is 21.2. The summed E-state index contributed by atoms with van der Waals surface area (Å²) in [5.41, 5.74) is 2.71. The third-order valence-electron chi connectivity index (χ3n) is 7.99. The van der Waals surface area contributed by atoms with Gasteiger partial charge in [-0.3, -0.25) is 13.9 Å². The van der Waals surface area contributed by atoms with Crippen LogP contribution in [-0.4, -0.2) is 64.2 Å². The number of anilines is 1. The van der Waals surface area contributed by atoms with E-state index in [1.165, 1.54) is 12.0 Å². The second-order valence-corrected chi connectivity index (χ2v) is 13.3. The number of rotatable bonds is 13. The van der Waals surface area contributed by atoms with Crippen LogP contribution in [0.1, 0.15) is 48.8 Å². The summed E-state index contributed by atoms with van der Waals surface area (Å²) in [5.74, 6) is 0.171. The van der Waals surface area contributed by atoms with E-state index in [1.54, 1.807) is 19.2 Å². The summed E-state index contributed by atoms with van der Waals surface area (Å²) in [7, 11) is -0.900. The highest BCUT2D eigenvalue weighted by Crippen LogP contribution is 2.31. The van der Waals surface area contributed by atoms with Crippen molar-refractivity contribution in [3.05, 3.63) is 89.5 Å². The molecule has 0 bridgehead atoms. The van der Waals surface area contributed by atoms with Gasteiger partial charge in [-0.05, 0) is 60.7 Å². The van der Waals surface area contributed by atoms with Gasteiger partial charge in [0.15, 0.2) is 0 Å². The molecule has 0 radical (unpaired) electrons. The fourth-order valence-electron chi connectivity index (χ4n) is 5.66. The molecule has 9 nitrogen and oxygen atoms in total. The molecule has 0 aromatic heterocycles. The summed E-state index contributed by atoms with van der Waals surface area (Å²) in [5, 5.41) is 3.21. The van der Waals surface area contributed by atoms with E-state index < -0.39 is 28.5 Å². The van der Waals surface area contributed by atoms with E-state index in [-0.39, 0.29) is 30.6 Å². The molecule has 0 unspecified atom stereocenters. The van der Waals surface area contributed by atoms with Crippen LogP contribution in [0, 0.1) is 6.92 Å². The number of hydrogen-bond donors (Lipinski definition) is 1. The zero-order valence-electron chi connectivity index (χ0n) is 26.0. The van der Waals surface area contributed by atoms with Crippen LogP contribution in [0.15, 0.2) is 72.8 Å². The highest BCUT2D eigenvalue weighted by Gasteiger charge is 2.34. The lowest BCUT2D eigenvalue weighted by Crippen LogP contribution is -2.55. The van der Waals surface area contributed by atoms with Crippen LogP contribution in [0.5, 0.6) is 11.5 Å². The first kappa shape index (κ1) is 32.9. The number of carbonyl (C=O) groups is 2. The number of hydrogen-bond acceptors (Lipinski definition) is 6. The van der Waals surface area contributed by atoms with E-state index in [0.717, 1.165) is 59.4 Å². The summed E-state index contributed by atoms with van der Waals surface area (Å²) < 4.78 is 38.3. The Balaban J connectivity index is 1.76. The van der Waals surface area contributed by atoms with Crippen molar-refractivity contribution in [1.29, 1.82) is 0 Å². The highest BCUT2D eigenvalue weighted by atomic mass is 32.2. The third kappa shape index (κ3) is 8.75. The largest absolute Gasteiger partial charge is 0.497 e. The summed E-state index contributed by atoms with van der Waals surface area (Å²) in [6.45, 7) is 1.41. The maximum absolute atomic E-state index is 14.4. The molecule has 1 fully saturated rings. The maximum Gasteiger partial charge on any atom is 0.244 e. The van der Waals surface area contributed by atoms with Crippen LogP contribution >= 0.6 is 0 Å². The third-order valence-corrected chi connectivity index (χ3v) is 9.12. The Labute approximate surface area is 261 Å². The Kier molecular flexibility index (Phi) is 11.3. The number of ether oxygens (including phenoxy) is 2. The molecule has 236 valence electrons. The van der Waals surface area contributed by atoms with Crippen molar-refractivity contribution >= 4 is 27.5 Å². The summed E-state index contributed by atoms with van der Waals surface area (Å²) in [4.78, 5) is 30.0. The molecule has 1 saturated carbocycles. The van der Waals surface area contributed by atoms with Gasteiger partial charge in [-0.1, -0.05) is 67.8 Å². The zero-order chi connectivity index (χ0) is 31.7. The molecule has 0 spiro atoms. The highest BCUT2D eigenvalue weighted by molar-refractivity contribution is 7.92. The van der Waals surface area contributed by atoms with E-state index in [9.17, 15) is 18.0 Å². The molecule has 4 rings (SSSR count). The van der Waals surface area contributed by atoms with Crippen LogP contribution in [0.4, 0.5) is 5.69 Å². The minimum Gasteiger partial charge on any atom is -0.497 e. The van der Waals surface area contributed by atoms with Crippen LogP contribution in [0.3, 0.4) is 0 Å². The Morgan fingerprint density at radius 3 is 2.27 bits per heavy atom. The first-order valence-corrected chi connectivity index (χ1v) is 16.8. The topological polar surface area (TPSA) is 105 Å². The van der Waals surface area contributed by atoms with Crippen LogP contribution in [0.2, 0.25) is 0 Å². The number of nitrogens with zero attached hydrogens (tertiary/aromatic N) is 2. The van der Waals surface area contributed by atoms with Gasteiger partial charge in [-0.15, -0.1) is 0 Å². The van der Waals surface area contributed by atoms with Gasteiger partial charge in [0, 0.05) is 19.0 Å².